The molecule has 4 heteroatoms. The Morgan fingerprint density at radius 2 is 2.22 bits per heavy atom. The van der Waals surface area contributed by atoms with Crippen molar-refractivity contribution in [2.45, 2.75) is 24.3 Å². The van der Waals surface area contributed by atoms with E-state index in [0.717, 1.165) is 11.3 Å². The normalized spacial score (nSPS) is 12.1. The van der Waals surface area contributed by atoms with Crippen LogP contribution in [0.5, 0.6) is 0 Å². The van der Waals surface area contributed by atoms with Crippen LogP contribution in [-0.2, 0) is 0 Å². The quantitative estimate of drug-likeness (QED) is 0.815. The van der Waals surface area contributed by atoms with Gasteiger partial charge in [0.05, 0.1) is 6.04 Å². The van der Waals surface area contributed by atoms with Gasteiger partial charge >= 0.3 is 0 Å². The molecule has 1 heterocycles. The minimum Gasteiger partial charge on any atom is -0.344 e. The summed E-state index contributed by atoms with van der Waals surface area (Å²) in [6, 6.07) is 11.4. The molecule has 0 aliphatic carbocycles. The number of hydrogen-bond acceptors (Lipinski definition) is 3. The summed E-state index contributed by atoms with van der Waals surface area (Å²) in [5.41, 5.74) is 0.650. The number of thiol groups is 1. The smallest absolute Gasteiger partial charge is 0.251 e. The fraction of sp³-hybridized carbons (Fsp3) is 0.214. The van der Waals surface area contributed by atoms with Crippen molar-refractivity contribution in [3.05, 3.63) is 52.2 Å². The third-order valence-corrected chi connectivity index (χ3v) is 3.97. The van der Waals surface area contributed by atoms with Crippen LogP contribution >= 0.6 is 24.0 Å². The van der Waals surface area contributed by atoms with Crippen molar-refractivity contribution in [1.82, 2.24) is 5.32 Å². The number of hydrogen-bond donors (Lipinski definition) is 2. The Morgan fingerprint density at radius 1 is 1.39 bits per heavy atom. The molecule has 0 radical (unpaired) electrons. The van der Waals surface area contributed by atoms with Crippen LogP contribution in [0.25, 0.3) is 0 Å². The van der Waals surface area contributed by atoms with Crippen molar-refractivity contribution in [2.24, 2.45) is 0 Å². The summed E-state index contributed by atoms with van der Waals surface area (Å²) in [5, 5.41) is 5.08. The number of nitrogens with one attached hydrogen (secondary N) is 1. The molecular weight excluding hydrogens is 262 g/mol. The van der Waals surface area contributed by atoms with Gasteiger partial charge in [0, 0.05) is 15.3 Å². The minimum atomic E-state index is -0.0499. The van der Waals surface area contributed by atoms with E-state index in [4.69, 9.17) is 0 Å². The highest BCUT2D eigenvalue weighted by Crippen LogP contribution is 2.22. The number of carbonyl (C=O) groups excluding carboxylic acids is 1. The van der Waals surface area contributed by atoms with Crippen molar-refractivity contribution in [3.8, 4) is 0 Å². The maximum Gasteiger partial charge on any atom is 0.251 e. The Bertz CT molecular complexity index is 522. The van der Waals surface area contributed by atoms with Gasteiger partial charge in [0.15, 0.2) is 0 Å². The van der Waals surface area contributed by atoms with E-state index in [1.807, 2.05) is 29.6 Å². The van der Waals surface area contributed by atoms with Crippen LogP contribution in [-0.4, -0.2) is 5.91 Å². The minimum absolute atomic E-state index is 0.0499. The van der Waals surface area contributed by atoms with Crippen molar-refractivity contribution in [3.63, 3.8) is 0 Å². The van der Waals surface area contributed by atoms with Gasteiger partial charge in [0.1, 0.15) is 0 Å². The van der Waals surface area contributed by atoms with Gasteiger partial charge in [0.25, 0.3) is 5.91 Å². The average Bonchev–Trinajstić information content (AvgIpc) is 2.89. The lowest BCUT2D eigenvalue weighted by atomic mass is 10.1. The van der Waals surface area contributed by atoms with E-state index in [9.17, 15) is 4.79 Å². The zero-order valence-corrected chi connectivity index (χ0v) is 11.8. The van der Waals surface area contributed by atoms with Crippen LogP contribution in [0.4, 0.5) is 0 Å². The lowest BCUT2D eigenvalue weighted by Gasteiger charge is -2.15. The molecule has 1 N–H and O–H groups in total. The van der Waals surface area contributed by atoms with Crippen LogP contribution in [0, 0.1) is 0 Å². The van der Waals surface area contributed by atoms with E-state index < -0.39 is 0 Å². The van der Waals surface area contributed by atoms with Gasteiger partial charge in [-0.1, -0.05) is 19.1 Å². The predicted octanol–water partition coefficient (Wildman–Crippen LogP) is 3.92. The molecule has 94 valence electrons. The molecule has 1 amide bonds. The number of amides is 1. The maximum atomic E-state index is 12.1. The van der Waals surface area contributed by atoms with Crippen LogP contribution in [0.2, 0.25) is 0 Å². The van der Waals surface area contributed by atoms with Gasteiger partial charge in [-0.2, -0.15) is 0 Å². The van der Waals surface area contributed by atoms with E-state index in [0.29, 0.717) is 5.56 Å². The Kier molecular flexibility index (Phi) is 4.44. The van der Waals surface area contributed by atoms with E-state index in [-0.39, 0.29) is 11.9 Å². The predicted molar refractivity (Wildman–Crippen MR) is 78.5 cm³/mol. The Labute approximate surface area is 116 Å². The van der Waals surface area contributed by atoms with E-state index >= 15 is 0 Å². The van der Waals surface area contributed by atoms with Gasteiger partial charge in [-0.05, 0) is 36.1 Å². The SMILES string of the molecule is CCC(NC(=O)c1cccc(S)c1)c1cccs1. The van der Waals surface area contributed by atoms with Gasteiger partial charge in [-0.25, -0.2) is 0 Å². The summed E-state index contributed by atoms with van der Waals surface area (Å²) < 4.78 is 0. The molecule has 1 aromatic heterocycles. The van der Waals surface area contributed by atoms with Crippen molar-refractivity contribution in [2.75, 3.05) is 0 Å². The molecule has 1 atom stereocenters. The van der Waals surface area contributed by atoms with E-state index in [1.54, 1.807) is 23.5 Å². The number of benzene rings is 1. The number of carbonyl (C=O) groups is 1. The molecular formula is C14H15NOS2. The molecule has 0 aliphatic rings. The molecule has 1 unspecified atom stereocenters. The standard InChI is InChI=1S/C14H15NOS2/c1-2-12(13-7-4-8-18-13)15-14(16)10-5-3-6-11(17)9-10/h3-9,12,17H,2H2,1H3,(H,15,16). The zero-order chi connectivity index (χ0) is 13.0. The second kappa shape index (κ2) is 6.07. The van der Waals surface area contributed by atoms with Crippen molar-refractivity contribution in [1.29, 1.82) is 0 Å². The summed E-state index contributed by atoms with van der Waals surface area (Å²) in [6.07, 6.45) is 0.882. The first-order chi connectivity index (χ1) is 8.70. The summed E-state index contributed by atoms with van der Waals surface area (Å²) in [5.74, 6) is -0.0499. The molecule has 2 aromatic rings. The van der Waals surface area contributed by atoms with Gasteiger partial charge < -0.3 is 5.32 Å². The van der Waals surface area contributed by atoms with E-state index in [2.05, 4.69) is 24.9 Å². The van der Waals surface area contributed by atoms with Gasteiger partial charge in [-0.15, -0.1) is 24.0 Å². The largest absolute Gasteiger partial charge is 0.344 e. The van der Waals surface area contributed by atoms with Crippen molar-refractivity contribution >= 4 is 29.9 Å². The molecule has 0 aliphatic heterocycles. The van der Waals surface area contributed by atoms with Gasteiger partial charge in [0.2, 0.25) is 0 Å². The van der Waals surface area contributed by atoms with Gasteiger partial charge in [-0.3, -0.25) is 4.79 Å². The van der Waals surface area contributed by atoms with Crippen LogP contribution in [0.3, 0.4) is 0 Å². The first kappa shape index (κ1) is 13.2. The van der Waals surface area contributed by atoms with Crippen LogP contribution in [0.15, 0.2) is 46.7 Å². The van der Waals surface area contributed by atoms with Crippen molar-refractivity contribution < 1.29 is 4.79 Å². The second-order valence-electron chi connectivity index (χ2n) is 4.00. The summed E-state index contributed by atoms with van der Waals surface area (Å²) >= 11 is 5.91. The lowest BCUT2D eigenvalue weighted by molar-refractivity contribution is 0.0936. The topological polar surface area (TPSA) is 29.1 Å². The molecule has 0 saturated carbocycles. The highest BCUT2D eigenvalue weighted by Gasteiger charge is 2.14. The molecule has 1 aromatic carbocycles. The highest BCUT2D eigenvalue weighted by molar-refractivity contribution is 7.80. The Hall–Kier alpha value is -1.26. The number of rotatable bonds is 4. The summed E-state index contributed by atoms with van der Waals surface area (Å²) in [7, 11) is 0. The fourth-order valence-corrected chi connectivity index (χ4v) is 2.84. The molecule has 2 rings (SSSR count). The monoisotopic (exact) mass is 277 g/mol. The first-order valence-corrected chi connectivity index (χ1v) is 7.16. The number of thiophene rings is 1. The summed E-state index contributed by atoms with van der Waals surface area (Å²) in [6.45, 7) is 2.07. The van der Waals surface area contributed by atoms with Crippen LogP contribution < -0.4 is 5.32 Å². The molecule has 0 fully saturated rings. The first-order valence-electron chi connectivity index (χ1n) is 5.84. The summed E-state index contributed by atoms with van der Waals surface area (Å²) in [4.78, 5) is 14.1. The maximum absolute atomic E-state index is 12.1. The van der Waals surface area contributed by atoms with E-state index in [1.165, 1.54) is 4.88 Å². The van der Waals surface area contributed by atoms with Crippen LogP contribution in [0.1, 0.15) is 34.6 Å². The molecule has 0 spiro atoms. The Morgan fingerprint density at radius 3 is 2.83 bits per heavy atom. The second-order valence-corrected chi connectivity index (χ2v) is 5.50. The molecule has 2 nitrogen and oxygen atoms in total. The fourth-order valence-electron chi connectivity index (χ4n) is 1.75. The molecule has 0 saturated heterocycles. The Balaban J connectivity index is 2.11. The third-order valence-electron chi connectivity index (χ3n) is 2.71. The zero-order valence-electron chi connectivity index (χ0n) is 10.1. The highest BCUT2D eigenvalue weighted by atomic mass is 32.1. The average molecular weight is 277 g/mol. The third kappa shape index (κ3) is 3.15. The molecule has 18 heavy (non-hydrogen) atoms. The lowest BCUT2D eigenvalue weighted by Crippen LogP contribution is -2.27. The molecule has 0 bridgehead atoms.